The van der Waals surface area contributed by atoms with Crippen LogP contribution < -0.4 is 14.9 Å². The van der Waals surface area contributed by atoms with E-state index in [-0.39, 0.29) is 30.8 Å². The second-order valence-corrected chi connectivity index (χ2v) is 10.9. The molecule has 0 radical (unpaired) electrons. The number of halogens is 4. The highest BCUT2D eigenvalue weighted by Gasteiger charge is 2.35. The number of hydrogen-bond acceptors (Lipinski definition) is 8. The van der Waals surface area contributed by atoms with Gasteiger partial charge >= 0.3 is 6.18 Å². The van der Waals surface area contributed by atoms with Gasteiger partial charge in [-0.1, -0.05) is 6.07 Å². The minimum Gasteiger partial charge on any atom is -0.365 e. The number of rotatable bonds is 8. The number of aromatic nitrogens is 3. The summed E-state index contributed by atoms with van der Waals surface area (Å²) in [4.78, 5) is 25.7. The molecular formula is C24H25F4N7O3S. The maximum atomic E-state index is 13.7. The highest BCUT2D eigenvalue weighted by atomic mass is 32.2. The van der Waals surface area contributed by atoms with Gasteiger partial charge in [0.05, 0.1) is 12.8 Å². The van der Waals surface area contributed by atoms with Crippen LogP contribution in [0.5, 0.6) is 0 Å². The van der Waals surface area contributed by atoms with Gasteiger partial charge in [0.2, 0.25) is 16.0 Å². The van der Waals surface area contributed by atoms with E-state index in [1.807, 2.05) is 0 Å². The Kier molecular flexibility index (Phi) is 7.90. The molecule has 0 unspecified atom stereocenters. The summed E-state index contributed by atoms with van der Waals surface area (Å²) in [5.74, 6) is -0.934. The van der Waals surface area contributed by atoms with Gasteiger partial charge in [-0.25, -0.2) is 22.8 Å². The minimum absolute atomic E-state index is 0.0408. The average molecular weight is 568 g/mol. The molecule has 10 nitrogen and oxygen atoms in total. The number of alkyl halides is 4. The number of nitrogens with one attached hydrogen (secondary N) is 2. The van der Waals surface area contributed by atoms with E-state index in [0.29, 0.717) is 36.0 Å². The van der Waals surface area contributed by atoms with E-state index in [1.165, 1.54) is 54.5 Å². The van der Waals surface area contributed by atoms with Crippen molar-refractivity contribution in [1.82, 2.24) is 19.9 Å². The van der Waals surface area contributed by atoms with Crippen LogP contribution in [-0.2, 0) is 22.7 Å². The smallest absolute Gasteiger partial charge is 0.365 e. The number of amides is 1. The molecule has 2 aromatic heterocycles. The summed E-state index contributed by atoms with van der Waals surface area (Å²) in [7, 11) is -2.37. The van der Waals surface area contributed by atoms with Gasteiger partial charge in [0.15, 0.2) is 0 Å². The number of benzene rings is 1. The largest absolute Gasteiger partial charge is 0.421 e. The Morgan fingerprint density at radius 3 is 2.51 bits per heavy atom. The monoisotopic (exact) mass is 567 g/mol. The molecule has 1 amide bonds. The lowest BCUT2D eigenvalue weighted by Gasteiger charge is -2.20. The Morgan fingerprint density at radius 2 is 1.90 bits per heavy atom. The molecule has 0 saturated carbocycles. The minimum atomic E-state index is -4.77. The van der Waals surface area contributed by atoms with Crippen LogP contribution in [0.2, 0.25) is 0 Å². The summed E-state index contributed by atoms with van der Waals surface area (Å²) in [6, 6.07) is 9.16. The SMILES string of the molecule is CN(c1ncccc1CNc1nc(Nc2ccc(C(=O)N3CC[C@H](F)C3)cc2)ncc1C(F)(F)F)S(C)(=O)=O. The molecule has 2 N–H and O–H groups in total. The summed E-state index contributed by atoms with van der Waals surface area (Å²) in [6.45, 7) is 0.162. The van der Waals surface area contributed by atoms with Crippen molar-refractivity contribution < 1.29 is 30.8 Å². The Morgan fingerprint density at radius 1 is 1.18 bits per heavy atom. The molecule has 208 valence electrons. The molecule has 1 atom stereocenters. The van der Waals surface area contributed by atoms with E-state index >= 15 is 0 Å². The fourth-order valence-corrected chi connectivity index (χ4v) is 4.36. The molecule has 0 bridgehead atoms. The highest BCUT2D eigenvalue weighted by Crippen LogP contribution is 2.34. The van der Waals surface area contributed by atoms with Crippen molar-refractivity contribution in [2.45, 2.75) is 25.3 Å². The summed E-state index contributed by atoms with van der Waals surface area (Å²) >= 11 is 0. The zero-order chi connectivity index (χ0) is 28.4. The molecule has 3 aromatic rings. The van der Waals surface area contributed by atoms with Crippen LogP contribution in [0.25, 0.3) is 0 Å². The van der Waals surface area contributed by atoms with Gasteiger partial charge in [0, 0.05) is 49.3 Å². The molecule has 0 spiro atoms. The van der Waals surface area contributed by atoms with Crippen molar-refractivity contribution in [3.05, 3.63) is 65.5 Å². The molecule has 3 heterocycles. The maximum absolute atomic E-state index is 13.7. The van der Waals surface area contributed by atoms with Gasteiger partial charge < -0.3 is 15.5 Å². The quantitative estimate of drug-likeness (QED) is 0.394. The zero-order valence-corrected chi connectivity index (χ0v) is 21.7. The second-order valence-electron chi connectivity index (χ2n) is 8.86. The summed E-state index contributed by atoms with van der Waals surface area (Å²) in [5.41, 5.74) is -0.0419. The van der Waals surface area contributed by atoms with Gasteiger partial charge in [0.25, 0.3) is 5.91 Å². The number of nitrogens with zero attached hydrogens (tertiary/aromatic N) is 5. The first-order valence-corrected chi connectivity index (χ1v) is 13.5. The maximum Gasteiger partial charge on any atom is 0.421 e. The van der Waals surface area contributed by atoms with Gasteiger partial charge in [-0.05, 0) is 36.8 Å². The van der Waals surface area contributed by atoms with E-state index in [2.05, 4.69) is 25.6 Å². The van der Waals surface area contributed by atoms with Gasteiger partial charge in [-0.15, -0.1) is 0 Å². The van der Waals surface area contributed by atoms with E-state index in [0.717, 1.165) is 10.6 Å². The highest BCUT2D eigenvalue weighted by molar-refractivity contribution is 7.92. The van der Waals surface area contributed by atoms with Crippen molar-refractivity contribution in [2.75, 3.05) is 41.3 Å². The van der Waals surface area contributed by atoms with Crippen LogP contribution in [0.15, 0.2) is 48.8 Å². The van der Waals surface area contributed by atoms with Gasteiger partial charge in [0.1, 0.15) is 23.4 Å². The molecule has 15 heteroatoms. The van der Waals surface area contributed by atoms with Crippen LogP contribution >= 0.6 is 0 Å². The summed E-state index contributed by atoms with van der Waals surface area (Å²) in [5, 5.41) is 5.41. The molecule has 4 rings (SSSR count). The van der Waals surface area contributed by atoms with Crippen LogP contribution in [0.4, 0.5) is 40.8 Å². The number of likely N-dealkylation sites (tertiary alicyclic amines) is 1. The standard InChI is InChI=1S/C24H25F4N7O3S/c1-34(39(2,37)38)21-16(4-3-10-29-21)12-30-20-19(24(26,27)28)13-31-23(33-20)32-18-7-5-15(6-8-18)22(36)35-11-9-17(25)14-35/h3-8,10,13,17H,9,11-12,14H2,1-2H3,(H2,30,31,32,33)/t17-/m0/s1. The number of carbonyl (C=O) groups excluding carboxylic acids is 1. The Bertz CT molecular complexity index is 1450. The summed E-state index contributed by atoms with van der Waals surface area (Å²) < 4.78 is 79.3. The lowest BCUT2D eigenvalue weighted by Crippen LogP contribution is -2.28. The first kappa shape index (κ1) is 28.0. The van der Waals surface area contributed by atoms with E-state index < -0.39 is 33.8 Å². The Labute approximate surface area is 222 Å². The van der Waals surface area contributed by atoms with Crippen LogP contribution in [0, 0.1) is 0 Å². The summed E-state index contributed by atoms with van der Waals surface area (Å²) in [6.07, 6.45) is -2.53. The first-order chi connectivity index (χ1) is 18.3. The molecule has 1 aliphatic rings. The molecule has 1 aliphatic heterocycles. The number of anilines is 4. The second kappa shape index (κ2) is 11.0. The predicted octanol–water partition coefficient (Wildman–Crippen LogP) is 3.83. The van der Waals surface area contributed by atoms with E-state index in [1.54, 1.807) is 0 Å². The Hall–Kier alpha value is -4.01. The molecule has 1 fully saturated rings. The number of hydrogen-bond donors (Lipinski definition) is 2. The van der Waals surface area contributed by atoms with Crippen LogP contribution in [0.1, 0.15) is 27.9 Å². The first-order valence-electron chi connectivity index (χ1n) is 11.7. The van der Waals surface area contributed by atoms with Crippen molar-refractivity contribution in [2.24, 2.45) is 0 Å². The zero-order valence-electron chi connectivity index (χ0n) is 20.9. The lowest BCUT2D eigenvalue weighted by atomic mass is 10.2. The fraction of sp³-hybridized carbons (Fsp3) is 0.333. The average Bonchev–Trinajstić information content (AvgIpc) is 3.32. The number of pyridine rings is 1. The van der Waals surface area contributed by atoms with Crippen molar-refractivity contribution >= 4 is 39.2 Å². The lowest BCUT2D eigenvalue weighted by molar-refractivity contribution is -0.137. The molecule has 0 aliphatic carbocycles. The molecular weight excluding hydrogens is 542 g/mol. The van der Waals surface area contributed by atoms with Crippen molar-refractivity contribution in [3.8, 4) is 0 Å². The third-order valence-electron chi connectivity index (χ3n) is 6.01. The molecule has 1 aromatic carbocycles. The topological polar surface area (TPSA) is 120 Å². The van der Waals surface area contributed by atoms with Crippen molar-refractivity contribution in [1.29, 1.82) is 0 Å². The molecule has 39 heavy (non-hydrogen) atoms. The normalized spacial score (nSPS) is 15.7. The van der Waals surface area contributed by atoms with Gasteiger partial charge in [-0.2, -0.15) is 18.2 Å². The van der Waals surface area contributed by atoms with Crippen LogP contribution in [-0.4, -0.2) is 66.7 Å². The van der Waals surface area contributed by atoms with E-state index in [4.69, 9.17) is 0 Å². The fourth-order valence-electron chi connectivity index (χ4n) is 3.88. The van der Waals surface area contributed by atoms with Gasteiger partial charge in [-0.3, -0.25) is 9.10 Å². The van der Waals surface area contributed by atoms with E-state index in [9.17, 15) is 30.8 Å². The van der Waals surface area contributed by atoms with Crippen LogP contribution in [0.3, 0.4) is 0 Å². The Balaban J connectivity index is 1.53. The number of sulfonamides is 1. The third kappa shape index (κ3) is 6.71. The molecule has 1 saturated heterocycles. The number of carbonyl (C=O) groups is 1. The third-order valence-corrected chi connectivity index (χ3v) is 7.18. The van der Waals surface area contributed by atoms with Crippen molar-refractivity contribution in [3.63, 3.8) is 0 Å². The predicted molar refractivity (Wildman–Crippen MR) is 137 cm³/mol.